The molecular formula is C10H16O3. The van der Waals surface area contributed by atoms with Crippen LogP contribution >= 0.6 is 0 Å². The highest BCUT2D eigenvalue weighted by molar-refractivity contribution is 5.70. The number of ether oxygens (including phenoxy) is 2. The summed E-state index contributed by atoms with van der Waals surface area (Å²) in [5, 5.41) is 0. The van der Waals surface area contributed by atoms with Gasteiger partial charge >= 0.3 is 5.97 Å². The van der Waals surface area contributed by atoms with Gasteiger partial charge in [-0.05, 0) is 25.2 Å². The third kappa shape index (κ3) is 4.08. The zero-order chi connectivity index (χ0) is 9.52. The molecule has 0 saturated carbocycles. The van der Waals surface area contributed by atoms with Crippen LogP contribution in [0.15, 0.2) is 12.2 Å². The summed E-state index contributed by atoms with van der Waals surface area (Å²) in [6, 6.07) is 0. The number of carbonyl (C=O) groups is 1. The van der Waals surface area contributed by atoms with Crippen LogP contribution in [0.1, 0.15) is 19.3 Å². The van der Waals surface area contributed by atoms with Crippen LogP contribution in [0.3, 0.4) is 0 Å². The molecule has 13 heavy (non-hydrogen) atoms. The van der Waals surface area contributed by atoms with Crippen LogP contribution in [-0.4, -0.2) is 26.3 Å². The molecule has 0 aromatic carbocycles. The van der Waals surface area contributed by atoms with Gasteiger partial charge in [0.15, 0.2) is 0 Å². The average Bonchev–Trinajstić information content (AvgIpc) is 2.19. The van der Waals surface area contributed by atoms with E-state index in [2.05, 4.69) is 16.9 Å². The van der Waals surface area contributed by atoms with Gasteiger partial charge in [-0.15, -0.1) is 0 Å². The second-order valence-electron chi connectivity index (χ2n) is 3.24. The van der Waals surface area contributed by atoms with Crippen LogP contribution in [0.5, 0.6) is 0 Å². The van der Waals surface area contributed by atoms with Crippen LogP contribution in [0.25, 0.3) is 0 Å². The summed E-state index contributed by atoms with van der Waals surface area (Å²) in [7, 11) is 1.37. The molecule has 3 nitrogen and oxygen atoms in total. The van der Waals surface area contributed by atoms with Crippen molar-refractivity contribution in [3.05, 3.63) is 12.2 Å². The summed E-state index contributed by atoms with van der Waals surface area (Å²) in [5.41, 5.74) is 0. The lowest BCUT2D eigenvalue weighted by Crippen LogP contribution is -2.16. The van der Waals surface area contributed by atoms with Crippen LogP contribution < -0.4 is 0 Å². The molecule has 0 aromatic heterocycles. The molecule has 1 aliphatic rings. The second-order valence-corrected chi connectivity index (χ2v) is 3.24. The Morgan fingerprint density at radius 3 is 3.00 bits per heavy atom. The van der Waals surface area contributed by atoms with Crippen molar-refractivity contribution in [3.63, 3.8) is 0 Å². The van der Waals surface area contributed by atoms with Gasteiger partial charge in [-0.2, -0.15) is 0 Å². The standard InChI is InChI=1S/C10H16O3/c1-12-10(11)8-13-7-9-5-3-2-4-6-9/h2-3,9H,4-8H2,1H3. The van der Waals surface area contributed by atoms with E-state index in [1.165, 1.54) is 7.11 Å². The average molecular weight is 184 g/mol. The van der Waals surface area contributed by atoms with E-state index in [1.807, 2.05) is 0 Å². The Morgan fingerprint density at radius 1 is 1.54 bits per heavy atom. The van der Waals surface area contributed by atoms with E-state index in [1.54, 1.807) is 0 Å². The van der Waals surface area contributed by atoms with E-state index in [0.717, 1.165) is 19.3 Å². The monoisotopic (exact) mass is 184 g/mol. The first kappa shape index (κ1) is 10.3. The Balaban J connectivity index is 2.05. The minimum Gasteiger partial charge on any atom is -0.467 e. The fourth-order valence-electron chi connectivity index (χ4n) is 1.38. The smallest absolute Gasteiger partial charge is 0.331 e. The van der Waals surface area contributed by atoms with Gasteiger partial charge in [0, 0.05) is 0 Å². The maximum atomic E-state index is 10.7. The van der Waals surface area contributed by atoms with Gasteiger partial charge in [-0.25, -0.2) is 4.79 Å². The van der Waals surface area contributed by atoms with Crippen molar-refractivity contribution >= 4 is 5.97 Å². The van der Waals surface area contributed by atoms with E-state index >= 15 is 0 Å². The molecule has 0 bridgehead atoms. The Morgan fingerprint density at radius 2 is 2.38 bits per heavy atom. The minimum absolute atomic E-state index is 0.0801. The van der Waals surface area contributed by atoms with Crippen molar-refractivity contribution in [1.29, 1.82) is 0 Å². The predicted molar refractivity (Wildman–Crippen MR) is 49.3 cm³/mol. The summed E-state index contributed by atoms with van der Waals surface area (Å²) in [6.45, 7) is 0.746. The number of hydrogen-bond donors (Lipinski definition) is 0. The lowest BCUT2D eigenvalue weighted by atomic mass is 9.95. The van der Waals surface area contributed by atoms with E-state index in [9.17, 15) is 4.79 Å². The molecule has 1 rings (SSSR count). The zero-order valence-electron chi connectivity index (χ0n) is 7.99. The highest BCUT2D eigenvalue weighted by atomic mass is 16.6. The molecule has 0 N–H and O–H groups in total. The molecule has 74 valence electrons. The van der Waals surface area contributed by atoms with Gasteiger partial charge in [-0.1, -0.05) is 12.2 Å². The van der Waals surface area contributed by atoms with Crippen LogP contribution in [-0.2, 0) is 14.3 Å². The highest BCUT2D eigenvalue weighted by Crippen LogP contribution is 2.17. The number of hydrogen-bond acceptors (Lipinski definition) is 3. The van der Waals surface area contributed by atoms with Crippen molar-refractivity contribution in [3.8, 4) is 0 Å². The fraction of sp³-hybridized carbons (Fsp3) is 0.700. The number of rotatable bonds is 4. The Bertz CT molecular complexity index is 187. The molecule has 0 saturated heterocycles. The maximum Gasteiger partial charge on any atom is 0.331 e. The van der Waals surface area contributed by atoms with E-state index in [0.29, 0.717) is 12.5 Å². The highest BCUT2D eigenvalue weighted by Gasteiger charge is 2.10. The van der Waals surface area contributed by atoms with Gasteiger partial charge in [0.05, 0.1) is 13.7 Å². The molecule has 0 radical (unpaired) electrons. The van der Waals surface area contributed by atoms with Gasteiger partial charge in [0.1, 0.15) is 6.61 Å². The third-order valence-electron chi connectivity index (χ3n) is 2.18. The topological polar surface area (TPSA) is 35.5 Å². The Labute approximate surface area is 78.7 Å². The molecule has 1 unspecified atom stereocenters. The summed E-state index contributed by atoms with van der Waals surface area (Å²) in [5.74, 6) is 0.279. The van der Waals surface area contributed by atoms with Gasteiger partial charge in [-0.3, -0.25) is 0 Å². The van der Waals surface area contributed by atoms with Crippen molar-refractivity contribution in [1.82, 2.24) is 0 Å². The van der Waals surface area contributed by atoms with Gasteiger partial charge < -0.3 is 9.47 Å². The third-order valence-corrected chi connectivity index (χ3v) is 2.18. The largest absolute Gasteiger partial charge is 0.467 e. The molecule has 0 aliphatic heterocycles. The van der Waals surface area contributed by atoms with E-state index < -0.39 is 0 Å². The first-order chi connectivity index (χ1) is 6.33. The first-order valence-electron chi connectivity index (χ1n) is 4.62. The number of methoxy groups -OCH3 is 1. The molecule has 3 heteroatoms. The molecule has 0 amide bonds. The predicted octanol–water partition coefficient (Wildman–Crippen LogP) is 1.53. The summed E-state index contributed by atoms with van der Waals surface area (Å²) >= 11 is 0. The zero-order valence-corrected chi connectivity index (χ0v) is 7.99. The van der Waals surface area contributed by atoms with Crippen molar-refractivity contribution in [2.24, 2.45) is 5.92 Å². The van der Waals surface area contributed by atoms with E-state index in [4.69, 9.17) is 4.74 Å². The first-order valence-corrected chi connectivity index (χ1v) is 4.62. The molecule has 0 heterocycles. The molecule has 0 aromatic rings. The number of esters is 1. The number of allylic oxidation sites excluding steroid dienone is 2. The quantitative estimate of drug-likeness (QED) is 0.491. The normalized spacial score (nSPS) is 21.5. The van der Waals surface area contributed by atoms with Crippen molar-refractivity contribution in [2.45, 2.75) is 19.3 Å². The van der Waals surface area contributed by atoms with Gasteiger partial charge in [0.2, 0.25) is 0 Å². The molecule has 1 atom stereocenters. The maximum absolute atomic E-state index is 10.7. The van der Waals surface area contributed by atoms with E-state index in [-0.39, 0.29) is 12.6 Å². The fourth-order valence-corrected chi connectivity index (χ4v) is 1.38. The lowest BCUT2D eigenvalue weighted by molar-refractivity contribution is -0.146. The minimum atomic E-state index is -0.300. The second kappa shape index (κ2) is 5.75. The molecule has 1 aliphatic carbocycles. The molecule has 0 fully saturated rings. The molecular weight excluding hydrogens is 168 g/mol. The van der Waals surface area contributed by atoms with Crippen LogP contribution in [0.2, 0.25) is 0 Å². The summed E-state index contributed by atoms with van der Waals surface area (Å²) < 4.78 is 9.68. The lowest BCUT2D eigenvalue weighted by Gasteiger charge is -2.16. The SMILES string of the molecule is COC(=O)COCC1CC=CCC1. The van der Waals surface area contributed by atoms with Crippen LogP contribution in [0.4, 0.5) is 0 Å². The van der Waals surface area contributed by atoms with Crippen LogP contribution in [0, 0.1) is 5.92 Å². The van der Waals surface area contributed by atoms with Crippen molar-refractivity contribution in [2.75, 3.05) is 20.3 Å². The van der Waals surface area contributed by atoms with Gasteiger partial charge in [0.25, 0.3) is 0 Å². The summed E-state index contributed by atoms with van der Waals surface area (Å²) in [4.78, 5) is 10.7. The summed E-state index contributed by atoms with van der Waals surface area (Å²) in [6.07, 6.45) is 7.73. The Hall–Kier alpha value is -0.830. The Kier molecular flexibility index (Phi) is 4.54. The number of carbonyl (C=O) groups excluding carboxylic acids is 1. The molecule has 0 spiro atoms. The van der Waals surface area contributed by atoms with Crippen molar-refractivity contribution < 1.29 is 14.3 Å².